The van der Waals surface area contributed by atoms with Crippen LogP contribution >= 0.6 is 12.4 Å². The van der Waals surface area contributed by atoms with Gasteiger partial charge in [-0.25, -0.2) is 0 Å². The van der Waals surface area contributed by atoms with Crippen LogP contribution in [-0.2, 0) is 6.42 Å². The molecule has 2 aromatic rings. The first kappa shape index (κ1) is 19.2. The minimum atomic E-state index is -0.227. The molecule has 2 rings (SSSR count). The van der Waals surface area contributed by atoms with E-state index in [2.05, 4.69) is 41.5 Å². The lowest BCUT2D eigenvalue weighted by Gasteiger charge is -2.14. The topological polar surface area (TPSA) is 83.8 Å². The maximum atomic E-state index is 12.0. The van der Waals surface area contributed by atoms with Crippen LogP contribution in [0.3, 0.4) is 0 Å². The zero-order valence-electron chi connectivity index (χ0n) is 13.8. The van der Waals surface area contributed by atoms with E-state index in [1.807, 2.05) is 19.1 Å². The van der Waals surface area contributed by atoms with Crippen molar-refractivity contribution in [3.63, 3.8) is 0 Å². The number of hydrogen-bond donors (Lipinski definition) is 3. The first-order chi connectivity index (χ1) is 10.5. The average Bonchev–Trinajstić information content (AvgIpc) is 3.01. The van der Waals surface area contributed by atoms with Crippen LogP contribution in [0.5, 0.6) is 0 Å². The van der Waals surface area contributed by atoms with Crippen LogP contribution in [0.1, 0.15) is 60.0 Å². The van der Waals surface area contributed by atoms with E-state index in [1.165, 1.54) is 5.56 Å². The fraction of sp³-hybridized carbons (Fsp3) is 0.412. The molecule has 1 aromatic heterocycles. The number of carbonyl (C=O) groups excluding carboxylic acids is 1. The number of carbonyl (C=O) groups is 1. The zero-order chi connectivity index (χ0) is 16.1. The predicted molar refractivity (Wildman–Crippen MR) is 95.0 cm³/mol. The van der Waals surface area contributed by atoms with Crippen molar-refractivity contribution in [1.82, 2.24) is 15.5 Å². The van der Waals surface area contributed by atoms with Gasteiger partial charge in [0.15, 0.2) is 0 Å². The Kier molecular flexibility index (Phi) is 7.26. The van der Waals surface area contributed by atoms with Gasteiger partial charge in [-0.2, -0.15) is 5.10 Å². The second-order valence-corrected chi connectivity index (χ2v) is 5.77. The fourth-order valence-electron chi connectivity index (χ4n) is 2.20. The van der Waals surface area contributed by atoms with Gasteiger partial charge in [0.25, 0.3) is 5.91 Å². The number of nitrogens with one attached hydrogen (secondary N) is 2. The average molecular weight is 337 g/mol. The van der Waals surface area contributed by atoms with Gasteiger partial charge < -0.3 is 11.1 Å². The van der Waals surface area contributed by atoms with Crippen molar-refractivity contribution in [3.05, 3.63) is 52.8 Å². The van der Waals surface area contributed by atoms with Gasteiger partial charge in [0.2, 0.25) is 0 Å². The van der Waals surface area contributed by atoms with E-state index < -0.39 is 0 Å². The Hall–Kier alpha value is -1.85. The standard InChI is InChI=1S/C17H24N4O.ClH/c1-4-14-9-16(21-20-14)17(22)19-10-15(18)13-7-5-12(6-8-13)11(2)3;/h5-9,11,15H,4,10,18H2,1-3H3,(H,19,22)(H,20,21);1H. The Morgan fingerprint density at radius 1 is 1.26 bits per heavy atom. The van der Waals surface area contributed by atoms with E-state index in [4.69, 9.17) is 5.73 Å². The van der Waals surface area contributed by atoms with E-state index in [0.717, 1.165) is 17.7 Å². The minimum absolute atomic E-state index is 0. The van der Waals surface area contributed by atoms with Crippen LogP contribution in [0.4, 0.5) is 0 Å². The van der Waals surface area contributed by atoms with Crippen molar-refractivity contribution in [2.24, 2.45) is 5.73 Å². The molecular formula is C17H25ClN4O. The number of hydrogen-bond acceptors (Lipinski definition) is 3. The van der Waals surface area contributed by atoms with E-state index in [1.54, 1.807) is 6.07 Å². The summed E-state index contributed by atoms with van der Waals surface area (Å²) in [5, 5.41) is 9.65. The van der Waals surface area contributed by atoms with Crippen molar-refractivity contribution >= 4 is 18.3 Å². The molecule has 0 fully saturated rings. The first-order valence-corrected chi connectivity index (χ1v) is 7.69. The number of aryl methyl sites for hydroxylation is 1. The summed E-state index contributed by atoms with van der Waals surface area (Å²) in [6, 6.07) is 9.75. The molecule has 1 unspecified atom stereocenters. The number of H-pyrrole nitrogens is 1. The fourth-order valence-corrected chi connectivity index (χ4v) is 2.20. The minimum Gasteiger partial charge on any atom is -0.349 e. The number of aromatic amines is 1. The van der Waals surface area contributed by atoms with Crippen molar-refractivity contribution in [2.75, 3.05) is 6.54 Å². The van der Waals surface area contributed by atoms with Crippen LogP contribution in [-0.4, -0.2) is 22.6 Å². The SMILES string of the molecule is CCc1cc(C(=O)NCC(N)c2ccc(C(C)C)cc2)n[nH]1.Cl. The normalized spacial score (nSPS) is 11.9. The molecule has 0 aliphatic rings. The zero-order valence-corrected chi connectivity index (χ0v) is 14.6. The lowest BCUT2D eigenvalue weighted by Crippen LogP contribution is -2.32. The molecule has 4 N–H and O–H groups in total. The Bertz CT molecular complexity index is 622. The third kappa shape index (κ3) is 5.08. The molecule has 6 heteroatoms. The highest BCUT2D eigenvalue weighted by molar-refractivity contribution is 5.92. The third-order valence-corrected chi connectivity index (χ3v) is 3.76. The number of rotatable bonds is 6. The summed E-state index contributed by atoms with van der Waals surface area (Å²) in [4.78, 5) is 12.0. The summed E-state index contributed by atoms with van der Waals surface area (Å²) in [5.41, 5.74) is 9.78. The van der Waals surface area contributed by atoms with Gasteiger partial charge in [-0.3, -0.25) is 9.89 Å². The number of nitrogens with two attached hydrogens (primary N) is 1. The summed E-state index contributed by atoms with van der Waals surface area (Å²) in [7, 11) is 0. The second kappa shape index (κ2) is 8.70. The van der Waals surface area contributed by atoms with Gasteiger partial charge in [-0.05, 0) is 29.5 Å². The van der Waals surface area contributed by atoms with Crippen LogP contribution in [0.2, 0.25) is 0 Å². The van der Waals surface area contributed by atoms with Crippen molar-refractivity contribution in [3.8, 4) is 0 Å². The lowest BCUT2D eigenvalue weighted by molar-refractivity contribution is 0.0946. The molecule has 0 saturated heterocycles. The summed E-state index contributed by atoms with van der Waals surface area (Å²) in [6.45, 7) is 6.70. The van der Waals surface area contributed by atoms with Gasteiger partial charge in [0.1, 0.15) is 5.69 Å². The Morgan fingerprint density at radius 3 is 2.39 bits per heavy atom. The maximum Gasteiger partial charge on any atom is 0.271 e. The highest BCUT2D eigenvalue weighted by Gasteiger charge is 2.12. The van der Waals surface area contributed by atoms with Gasteiger partial charge in [-0.1, -0.05) is 45.0 Å². The van der Waals surface area contributed by atoms with E-state index in [-0.39, 0.29) is 24.4 Å². The first-order valence-electron chi connectivity index (χ1n) is 7.69. The highest BCUT2D eigenvalue weighted by atomic mass is 35.5. The molecule has 23 heavy (non-hydrogen) atoms. The molecule has 0 bridgehead atoms. The number of aromatic nitrogens is 2. The molecule has 1 aromatic carbocycles. The van der Waals surface area contributed by atoms with E-state index in [0.29, 0.717) is 18.2 Å². The number of halogens is 1. The highest BCUT2D eigenvalue weighted by Crippen LogP contribution is 2.17. The summed E-state index contributed by atoms with van der Waals surface area (Å²) in [5.74, 6) is 0.294. The van der Waals surface area contributed by atoms with Gasteiger partial charge in [0, 0.05) is 18.3 Å². The number of amides is 1. The van der Waals surface area contributed by atoms with Gasteiger partial charge >= 0.3 is 0 Å². The van der Waals surface area contributed by atoms with Crippen LogP contribution in [0, 0.1) is 0 Å². The largest absolute Gasteiger partial charge is 0.349 e. The molecule has 0 aliphatic heterocycles. The summed E-state index contributed by atoms with van der Waals surface area (Å²) < 4.78 is 0. The molecule has 0 saturated carbocycles. The molecule has 1 heterocycles. The van der Waals surface area contributed by atoms with Gasteiger partial charge in [0.05, 0.1) is 0 Å². The molecular weight excluding hydrogens is 312 g/mol. The molecule has 5 nitrogen and oxygen atoms in total. The third-order valence-electron chi connectivity index (χ3n) is 3.76. The van der Waals surface area contributed by atoms with Crippen LogP contribution in [0.15, 0.2) is 30.3 Å². The Morgan fingerprint density at radius 2 is 1.87 bits per heavy atom. The summed E-state index contributed by atoms with van der Waals surface area (Å²) >= 11 is 0. The smallest absolute Gasteiger partial charge is 0.271 e. The molecule has 1 atom stereocenters. The van der Waals surface area contributed by atoms with Crippen LogP contribution < -0.4 is 11.1 Å². The van der Waals surface area contributed by atoms with E-state index in [9.17, 15) is 4.79 Å². The Labute approximate surface area is 143 Å². The Balaban J connectivity index is 0.00000264. The number of benzene rings is 1. The predicted octanol–water partition coefficient (Wildman–Crippen LogP) is 2.95. The lowest BCUT2D eigenvalue weighted by atomic mass is 9.99. The molecule has 0 spiro atoms. The molecule has 0 aliphatic carbocycles. The van der Waals surface area contributed by atoms with Gasteiger partial charge in [-0.15, -0.1) is 12.4 Å². The molecule has 1 amide bonds. The van der Waals surface area contributed by atoms with E-state index >= 15 is 0 Å². The summed E-state index contributed by atoms with van der Waals surface area (Å²) in [6.07, 6.45) is 0.821. The molecule has 0 radical (unpaired) electrons. The van der Waals surface area contributed by atoms with Crippen molar-refractivity contribution in [1.29, 1.82) is 0 Å². The van der Waals surface area contributed by atoms with Crippen molar-refractivity contribution < 1.29 is 4.79 Å². The maximum absolute atomic E-state index is 12.0. The molecule has 126 valence electrons. The quantitative estimate of drug-likeness (QED) is 0.758. The monoisotopic (exact) mass is 336 g/mol. The number of nitrogens with zero attached hydrogens (tertiary/aromatic N) is 1. The van der Waals surface area contributed by atoms with Crippen molar-refractivity contribution in [2.45, 2.75) is 39.2 Å². The van der Waals surface area contributed by atoms with Crippen LogP contribution in [0.25, 0.3) is 0 Å². The second-order valence-electron chi connectivity index (χ2n) is 5.77.